The molecule has 2 atom stereocenters. The monoisotopic (exact) mass is 706 g/mol. The van der Waals surface area contributed by atoms with Crippen LogP contribution in [0.4, 0.5) is 10.1 Å². The molecule has 7 heteroatoms. The molecule has 0 aromatic heterocycles. The number of hydrogen-bond acceptors (Lipinski definition) is 5. The molecule has 34 heavy (non-hydrogen) atoms. The first-order valence-corrected chi connectivity index (χ1v) is 11.2. The van der Waals surface area contributed by atoms with Crippen LogP contribution in [0.1, 0.15) is 38.3 Å². The van der Waals surface area contributed by atoms with Crippen molar-refractivity contribution in [1.82, 2.24) is 5.32 Å². The molecule has 2 unspecified atom stereocenters. The Hall–Kier alpha value is -3.67. The first-order valence-electron chi connectivity index (χ1n) is 11.2. The van der Waals surface area contributed by atoms with Crippen LogP contribution >= 0.6 is 0 Å². The minimum Gasteiger partial charge on any atom is -0.414 e. The van der Waals surface area contributed by atoms with Crippen molar-refractivity contribution in [2.45, 2.75) is 52.1 Å². The van der Waals surface area contributed by atoms with Crippen molar-refractivity contribution < 1.29 is 9.50 Å². The molecule has 0 saturated heterocycles. The van der Waals surface area contributed by atoms with E-state index in [0.717, 1.165) is 42.6 Å². The van der Waals surface area contributed by atoms with Crippen LogP contribution in [0.3, 0.4) is 0 Å². The number of benzene rings is 2. The average Bonchev–Trinajstić information content (AvgIpc) is 2.85. The molecule has 2 rings (SSSR count). The van der Waals surface area contributed by atoms with Gasteiger partial charge >= 0.3 is 0 Å². The zero-order chi connectivity index (χ0) is 25.8. The zero-order valence-electron chi connectivity index (χ0n) is 21.2. The third-order valence-electron chi connectivity index (χ3n) is 4.42. The second kappa shape index (κ2) is 21.2. The summed E-state index contributed by atoms with van der Waals surface area (Å²) in [5, 5.41) is 12.0. The third kappa shape index (κ3) is 13.7. The van der Waals surface area contributed by atoms with E-state index in [9.17, 15) is 4.39 Å². The Morgan fingerprint density at radius 2 is 1.47 bits per heavy atom. The summed E-state index contributed by atoms with van der Waals surface area (Å²) in [6.45, 7) is 21.1. The Bertz CT molecular complexity index is 741. The number of rotatable bonds is 10. The molecule has 1 radical (unpaired) electrons. The molecular formula is C27H44BkFN4O-. The SMILES string of the molecule is C=C.C=C(NC([CH2-])Cc1ccc(F)cc1)C(N)Cc1ccc(N(N)CCC)cc1.CC.CO.[Bk]. The van der Waals surface area contributed by atoms with Gasteiger partial charge in [0.1, 0.15) is 5.82 Å². The number of hydrogen-bond donors (Lipinski definition) is 4. The van der Waals surface area contributed by atoms with Crippen LogP contribution in [0.2, 0.25) is 0 Å². The van der Waals surface area contributed by atoms with E-state index in [4.69, 9.17) is 16.7 Å². The van der Waals surface area contributed by atoms with E-state index in [1.807, 2.05) is 38.1 Å². The van der Waals surface area contributed by atoms with Crippen LogP contribution in [-0.2, 0) is 12.8 Å². The topological polar surface area (TPSA) is 87.5 Å². The van der Waals surface area contributed by atoms with Gasteiger partial charge in [-0.15, -0.1) is 13.2 Å². The number of halogens is 1. The summed E-state index contributed by atoms with van der Waals surface area (Å²) in [4.78, 5) is 0. The van der Waals surface area contributed by atoms with Gasteiger partial charge in [-0.2, -0.15) is 0 Å². The molecule has 0 saturated carbocycles. The summed E-state index contributed by atoms with van der Waals surface area (Å²) < 4.78 is 13.0. The van der Waals surface area contributed by atoms with Gasteiger partial charge < -0.3 is 28.1 Å². The maximum atomic E-state index is 13.0. The fourth-order valence-electron chi connectivity index (χ4n) is 2.90. The van der Waals surface area contributed by atoms with Crippen LogP contribution in [0.15, 0.2) is 74.0 Å². The Kier molecular flexibility index (Phi) is 21.8. The molecule has 0 bridgehead atoms. The number of nitrogens with zero attached hydrogens (tertiary/aromatic N) is 1. The Labute approximate surface area is 201 Å². The molecular weight excluding hydrogens is 662 g/mol. The van der Waals surface area contributed by atoms with E-state index in [1.54, 1.807) is 17.1 Å². The number of nitrogens with two attached hydrogens (primary N) is 2. The summed E-state index contributed by atoms with van der Waals surface area (Å²) in [5.41, 5.74) is 10.2. The average molecular weight is 707 g/mol. The van der Waals surface area contributed by atoms with Gasteiger partial charge in [-0.1, -0.05) is 57.7 Å². The second-order valence-electron chi connectivity index (χ2n) is 6.87. The summed E-state index contributed by atoms with van der Waals surface area (Å²) in [6.07, 6.45) is 2.34. The van der Waals surface area contributed by atoms with Crippen LogP contribution in [0, 0.1) is 12.7 Å². The maximum Gasteiger partial charge on any atom is 0.123 e. The Morgan fingerprint density at radius 3 is 1.94 bits per heavy atom. The van der Waals surface area contributed by atoms with Gasteiger partial charge in [-0.25, -0.2) is 10.2 Å². The van der Waals surface area contributed by atoms with Gasteiger partial charge in [-0.05, 0) is 54.7 Å². The minimum absolute atomic E-state index is 0. The van der Waals surface area contributed by atoms with Gasteiger partial charge in [0.05, 0.1) is 5.69 Å². The van der Waals surface area contributed by atoms with Crippen molar-refractivity contribution in [1.29, 1.82) is 0 Å². The van der Waals surface area contributed by atoms with E-state index >= 15 is 0 Å². The predicted molar refractivity (Wildman–Crippen MR) is 142 cm³/mol. The first kappa shape index (κ1) is 34.9. The zero-order valence-corrected chi connectivity index (χ0v) is 24.0. The molecule has 0 heterocycles. The van der Waals surface area contributed by atoms with Crippen molar-refractivity contribution in [2.75, 3.05) is 18.7 Å². The number of aliphatic hydroxyl groups excluding tert-OH is 1. The van der Waals surface area contributed by atoms with Gasteiger partial charge in [0, 0.05) is 25.4 Å². The number of nitrogens with one attached hydrogen (secondary N) is 1. The van der Waals surface area contributed by atoms with E-state index in [1.165, 1.54) is 12.1 Å². The van der Waals surface area contributed by atoms with E-state index in [2.05, 4.69) is 38.9 Å². The van der Waals surface area contributed by atoms with Crippen LogP contribution in [0.25, 0.3) is 0 Å². The van der Waals surface area contributed by atoms with Gasteiger partial charge in [-0.3, -0.25) is 0 Å². The molecule has 5 nitrogen and oxygen atoms in total. The van der Waals surface area contributed by atoms with E-state index in [-0.39, 0.29) is 17.9 Å². The molecule has 0 spiro atoms. The molecule has 2 aromatic rings. The van der Waals surface area contributed by atoms with Crippen LogP contribution in [-0.4, -0.2) is 30.8 Å². The quantitative estimate of drug-likeness (QED) is 0.124. The van der Waals surface area contributed by atoms with Gasteiger partial charge in [0.25, 0.3) is 0 Å². The minimum atomic E-state index is -0.239. The Balaban J connectivity index is -0.00000127. The van der Waals surface area contributed by atoms with Crippen molar-refractivity contribution in [3.63, 3.8) is 0 Å². The van der Waals surface area contributed by atoms with Crippen LogP contribution < -0.4 is 21.9 Å². The number of hydrazine groups is 1. The predicted octanol–water partition coefficient (Wildman–Crippen LogP) is 4.77. The molecule has 0 fully saturated rings. The van der Waals surface area contributed by atoms with Crippen molar-refractivity contribution in [2.24, 2.45) is 11.6 Å². The normalized spacial score (nSPS) is 10.9. The van der Waals surface area contributed by atoms with Crippen molar-refractivity contribution in [3.05, 3.63) is 97.8 Å². The molecule has 2 aromatic carbocycles. The maximum absolute atomic E-state index is 13.0. The Morgan fingerprint density at radius 1 is 1.03 bits per heavy atom. The van der Waals surface area contributed by atoms with Gasteiger partial charge in [0.2, 0.25) is 0 Å². The smallest absolute Gasteiger partial charge is 0.123 e. The standard InChI is InChI=1S/C22H30FN4.C2H6.C2H4.CH4O.Bk/c1-4-13-27(25)21-11-7-19(8-12-21)15-22(24)17(3)26-16(2)14-18-5-9-20(23)10-6-18;3*1-2;/h5-12,16,22,26H,2-4,13-15,24-25H2,1H3;1-2H3;1-2H2;2H,1H3;/q-1;;;;. The molecule has 0 amide bonds. The van der Waals surface area contributed by atoms with Crippen LogP contribution in [0.5, 0.6) is 0 Å². The summed E-state index contributed by atoms with van der Waals surface area (Å²) in [7, 11) is 1.00. The molecule has 0 aliphatic rings. The molecule has 0 aliphatic heterocycles. The fraction of sp³-hybridized carbons (Fsp3) is 0.370. The largest absolute Gasteiger partial charge is 0.414 e. The third-order valence-corrected chi connectivity index (χ3v) is 4.42. The first-order chi connectivity index (χ1) is 15.9. The second-order valence-corrected chi connectivity index (χ2v) is 6.87. The summed E-state index contributed by atoms with van der Waals surface area (Å²) in [5.74, 6) is 5.75. The summed E-state index contributed by atoms with van der Waals surface area (Å²) >= 11 is 0. The molecule has 6 N–H and O–H groups in total. The van der Waals surface area contributed by atoms with Gasteiger partial charge in [0.15, 0.2) is 0 Å². The van der Waals surface area contributed by atoms with E-state index < -0.39 is 0 Å². The number of anilines is 1. The fourth-order valence-corrected chi connectivity index (χ4v) is 2.90. The van der Waals surface area contributed by atoms with Crippen molar-refractivity contribution >= 4 is 5.69 Å². The molecule has 195 valence electrons. The van der Waals surface area contributed by atoms with Crippen molar-refractivity contribution in [3.8, 4) is 0 Å². The number of aliphatic hydroxyl groups is 1. The summed E-state index contributed by atoms with van der Waals surface area (Å²) in [6, 6.07) is 14.2. The van der Waals surface area contributed by atoms with E-state index in [0.29, 0.717) is 12.8 Å². The molecule has 0 aliphatic carbocycles.